The number of pyridine rings is 1. The molecule has 0 atom stereocenters. The van der Waals surface area contributed by atoms with Crippen LogP contribution in [0.3, 0.4) is 0 Å². The van der Waals surface area contributed by atoms with Crippen LogP contribution < -0.4 is 0 Å². The summed E-state index contributed by atoms with van der Waals surface area (Å²) in [7, 11) is 0. The average Bonchev–Trinajstić information content (AvgIpc) is 2.40. The smallest absolute Gasteiger partial charge is 0.288 e. The summed E-state index contributed by atoms with van der Waals surface area (Å²) in [6, 6.07) is 5.70. The van der Waals surface area contributed by atoms with Crippen molar-refractivity contribution < 1.29 is 22.4 Å². The van der Waals surface area contributed by atoms with Crippen LogP contribution in [0, 0.1) is 12.7 Å². The minimum atomic E-state index is -4.67. The highest BCUT2D eigenvalue weighted by Crippen LogP contribution is 2.30. The summed E-state index contributed by atoms with van der Waals surface area (Å²) in [5.74, 6) is -1.55. The largest absolute Gasteiger partial charge is 0.433 e. The van der Waals surface area contributed by atoms with Crippen molar-refractivity contribution in [2.24, 2.45) is 0 Å². The van der Waals surface area contributed by atoms with Gasteiger partial charge in [-0.05, 0) is 30.7 Å². The van der Waals surface area contributed by atoms with Gasteiger partial charge in [-0.15, -0.1) is 0 Å². The number of aromatic nitrogens is 1. The molecule has 0 unspecified atom stereocenters. The van der Waals surface area contributed by atoms with E-state index in [1.807, 2.05) is 0 Å². The quantitative estimate of drug-likeness (QED) is 0.466. The van der Waals surface area contributed by atoms with Crippen LogP contribution in [0.4, 0.5) is 17.6 Å². The molecule has 0 fully saturated rings. The maximum atomic E-state index is 13.9. The Labute approximate surface area is 122 Å². The summed E-state index contributed by atoms with van der Waals surface area (Å²) in [5.41, 5.74) is -1.52. The molecule has 0 bridgehead atoms. The lowest BCUT2D eigenvalue weighted by molar-refractivity contribution is -0.141. The summed E-state index contributed by atoms with van der Waals surface area (Å²) in [5, 5.41) is -0.615. The van der Waals surface area contributed by atoms with E-state index in [0.717, 1.165) is 6.07 Å². The molecule has 0 saturated carbocycles. The van der Waals surface area contributed by atoms with Gasteiger partial charge in [0, 0.05) is 0 Å². The summed E-state index contributed by atoms with van der Waals surface area (Å²) in [4.78, 5) is 15.3. The second kappa shape index (κ2) is 5.44. The maximum absolute atomic E-state index is 13.9. The molecule has 1 aromatic heterocycles. The van der Waals surface area contributed by atoms with E-state index in [1.54, 1.807) is 0 Å². The third-order valence-electron chi connectivity index (χ3n) is 2.82. The molecule has 2 aromatic rings. The van der Waals surface area contributed by atoms with E-state index in [-0.39, 0.29) is 16.7 Å². The number of ketones is 1. The van der Waals surface area contributed by atoms with Gasteiger partial charge in [-0.25, -0.2) is 9.37 Å². The molecule has 110 valence electrons. The van der Waals surface area contributed by atoms with E-state index in [4.69, 9.17) is 11.6 Å². The highest BCUT2D eigenvalue weighted by atomic mass is 35.5. The Kier molecular flexibility index (Phi) is 4.00. The molecule has 0 spiro atoms. The van der Waals surface area contributed by atoms with Crippen LogP contribution in [0.15, 0.2) is 30.3 Å². The van der Waals surface area contributed by atoms with Crippen molar-refractivity contribution in [2.45, 2.75) is 13.1 Å². The lowest BCUT2D eigenvalue weighted by Gasteiger charge is -2.09. The molecule has 7 heteroatoms. The second-order valence-corrected chi connectivity index (χ2v) is 4.66. The van der Waals surface area contributed by atoms with Crippen LogP contribution >= 0.6 is 11.6 Å². The molecule has 1 aromatic carbocycles. The Morgan fingerprint density at radius 2 is 1.81 bits per heavy atom. The zero-order chi connectivity index (χ0) is 15.8. The van der Waals surface area contributed by atoms with Crippen LogP contribution in [-0.4, -0.2) is 10.8 Å². The van der Waals surface area contributed by atoms with Gasteiger partial charge in [0.05, 0.1) is 11.1 Å². The third-order valence-corrected chi connectivity index (χ3v) is 3.11. The Bertz CT molecular complexity index is 713. The zero-order valence-corrected chi connectivity index (χ0v) is 11.4. The number of alkyl halides is 3. The number of carbonyl (C=O) groups excluding carboxylic acids is 1. The van der Waals surface area contributed by atoms with Gasteiger partial charge >= 0.3 is 6.18 Å². The topological polar surface area (TPSA) is 30.0 Å². The van der Waals surface area contributed by atoms with Gasteiger partial charge in [0.2, 0.25) is 0 Å². The highest BCUT2D eigenvalue weighted by molar-refractivity contribution is 6.33. The van der Waals surface area contributed by atoms with Gasteiger partial charge in [-0.2, -0.15) is 13.2 Å². The van der Waals surface area contributed by atoms with E-state index in [1.165, 1.54) is 25.1 Å². The van der Waals surface area contributed by atoms with Crippen LogP contribution in [0.2, 0.25) is 5.15 Å². The summed E-state index contributed by atoms with van der Waals surface area (Å²) in [6.07, 6.45) is -4.67. The molecule has 21 heavy (non-hydrogen) atoms. The van der Waals surface area contributed by atoms with Gasteiger partial charge in [0.1, 0.15) is 16.7 Å². The van der Waals surface area contributed by atoms with Crippen molar-refractivity contribution in [2.75, 3.05) is 0 Å². The molecule has 0 saturated heterocycles. The van der Waals surface area contributed by atoms with E-state index >= 15 is 0 Å². The van der Waals surface area contributed by atoms with Crippen LogP contribution in [0.5, 0.6) is 0 Å². The van der Waals surface area contributed by atoms with Crippen LogP contribution in [-0.2, 0) is 6.18 Å². The predicted molar refractivity (Wildman–Crippen MR) is 68.8 cm³/mol. The van der Waals surface area contributed by atoms with E-state index < -0.39 is 28.6 Å². The fraction of sp³-hybridized carbons (Fsp3) is 0.143. The molecule has 0 aliphatic carbocycles. The van der Waals surface area contributed by atoms with Crippen molar-refractivity contribution in [1.82, 2.24) is 4.98 Å². The van der Waals surface area contributed by atoms with E-state index in [0.29, 0.717) is 6.07 Å². The molecule has 2 rings (SSSR count). The second-order valence-electron chi connectivity index (χ2n) is 4.30. The Morgan fingerprint density at radius 1 is 1.14 bits per heavy atom. The van der Waals surface area contributed by atoms with Gasteiger partial charge < -0.3 is 0 Å². The SMILES string of the molecule is Cc1cccc(C(=O)c2ccc(C(F)(F)F)nc2Cl)c1F. The number of benzene rings is 1. The number of aryl methyl sites for hydroxylation is 1. The number of nitrogens with zero attached hydrogens (tertiary/aromatic N) is 1. The fourth-order valence-corrected chi connectivity index (χ4v) is 1.97. The van der Waals surface area contributed by atoms with Crippen molar-refractivity contribution in [3.63, 3.8) is 0 Å². The van der Waals surface area contributed by atoms with Crippen LogP contribution in [0.25, 0.3) is 0 Å². The predicted octanol–water partition coefficient (Wildman–Crippen LogP) is 4.43. The summed E-state index contributed by atoms with van der Waals surface area (Å²) < 4.78 is 51.3. The molecule has 0 radical (unpaired) electrons. The Balaban J connectivity index is 2.48. The van der Waals surface area contributed by atoms with Gasteiger partial charge in [-0.3, -0.25) is 4.79 Å². The maximum Gasteiger partial charge on any atom is 0.433 e. The molecule has 2 nitrogen and oxygen atoms in total. The van der Waals surface area contributed by atoms with E-state index in [2.05, 4.69) is 4.98 Å². The zero-order valence-electron chi connectivity index (χ0n) is 10.6. The average molecular weight is 318 g/mol. The first-order valence-electron chi connectivity index (χ1n) is 5.75. The Morgan fingerprint density at radius 3 is 2.38 bits per heavy atom. The van der Waals surface area contributed by atoms with Gasteiger partial charge in [0.15, 0.2) is 5.78 Å². The fourth-order valence-electron chi connectivity index (χ4n) is 1.73. The minimum absolute atomic E-state index is 0.247. The van der Waals surface area contributed by atoms with Crippen molar-refractivity contribution in [3.8, 4) is 0 Å². The Hall–Kier alpha value is -1.95. The number of carbonyl (C=O) groups is 1. The molecule has 0 aliphatic rings. The molecule has 0 aliphatic heterocycles. The van der Waals surface area contributed by atoms with Crippen molar-refractivity contribution in [1.29, 1.82) is 0 Å². The molecule has 1 heterocycles. The molecule has 0 amide bonds. The number of hydrogen-bond acceptors (Lipinski definition) is 2. The van der Waals surface area contributed by atoms with Gasteiger partial charge in [-0.1, -0.05) is 23.7 Å². The number of rotatable bonds is 2. The first-order valence-corrected chi connectivity index (χ1v) is 6.13. The van der Waals surface area contributed by atoms with Crippen molar-refractivity contribution >= 4 is 17.4 Å². The van der Waals surface area contributed by atoms with Gasteiger partial charge in [0.25, 0.3) is 0 Å². The summed E-state index contributed by atoms with van der Waals surface area (Å²) >= 11 is 5.62. The molecular formula is C14H8ClF4NO. The van der Waals surface area contributed by atoms with E-state index in [9.17, 15) is 22.4 Å². The number of halogens is 5. The van der Waals surface area contributed by atoms with Crippen LogP contribution in [0.1, 0.15) is 27.2 Å². The minimum Gasteiger partial charge on any atom is -0.288 e. The monoisotopic (exact) mass is 317 g/mol. The third kappa shape index (κ3) is 3.05. The first-order chi connectivity index (χ1) is 9.71. The summed E-state index contributed by atoms with van der Waals surface area (Å²) in [6.45, 7) is 1.47. The molecule has 0 N–H and O–H groups in total. The lowest BCUT2D eigenvalue weighted by Crippen LogP contribution is -2.11. The highest BCUT2D eigenvalue weighted by Gasteiger charge is 2.33. The normalized spacial score (nSPS) is 11.5. The standard InChI is InChI=1S/C14H8ClF4NO/c1-7-3-2-4-8(11(7)16)12(21)9-5-6-10(14(17,18)19)20-13(9)15/h2-6H,1H3. The lowest BCUT2D eigenvalue weighted by atomic mass is 10.0. The first kappa shape index (κ1) is 15.4. The number of hydrogen-bond donors (Lipinski definition) is 0. The molecular weight excluding hydrogens is 310 g/mol. The van der Waals surface area contributed by atoms with Crippen molar-refractivity contribution in [3.05, 3.63) is 63.7 Å².